The van der Waals surface area contributed by atoms with E-state index in [-0.39, 0.29) is 18.5 Å². The minimum absolute atomic E-state index is 0.107. The number of nitrogens with zero attached hydrogens (tertiary/aromatic N) is 1. The second-order valence-corrected chi connectivity index (χ2v) is 4.72. The Labute approximate surface area is 91.2 Å². The lowest BCUT2D eigenvalue weighted by atomic mass is 9.72. The maximum Gasteiger partial charge on any atom is 0.401 e. The maximum atomic E-state index is 12.3. The molecule has 0 spiro atoms. The second-order valence-electron chi connectivity index (χ2n) is 4.72. The number of hydrogen-bond donors (Lipinski definition) is 1. The summed E-state index contributed by atoms with van der Waals surface area (Å²) in [7, 11) is 0. The van der Waals surface area contributed by atoms with Gasteiger partial charge in [0.2, 0.25) is 0 Å². The zero-order valence-electron chi connectivity index (χ0n) is 8.70. The number of halogens is 3. The summed E-state index contributed by atoms with van der Waals surface area (Å²) in [6, 6.07) is -0.201. The molecule has 3 atom stereocenters. The van der Waals surface area contributed by atoms with Crippen LogP contribution in [0.4, 0.5) is 13.2 Å². The van der Waals surface area contributed by atoms with Crippen LogP contribution in [0.1, 0.15) is 19.3 Å². The molecule has 0 aromatic rings. The van der Waals surface area contributed by atoms with Gasteiger partial charge in [-0.3, -0.25) is 9.69 Å². The summed E-state index contributed by atoms with van der Waals surface area (Å²) in [5, 5.41) is 8.94. The number of carboxylic acid groups (broad SMARTS) is 1. The van der Waals surface area contributed by atoms with E-state index in [4.69, 9.17) is 5.11 Å². The van der Waals surface area contributed by atoms with Crippen molar-refractivity contribution in [3.05, 3.63) is 0 Å². The van der Waals surface area contributed by atoms with Gasteiger partial charge in [-0.2, -0.15) is 13.2 Å². The molecule has 1 aliphatic carbocycles. The lowest BCUT2D eigenvalue weighted by Crippen LogP contribution is -2.55. The molecular formula is C10H14F3NO2. The third kappa shape index (κ3) is 2.31. The van der Waals surface area contributed by atoms with Crippen LogP contribution in [0.25, 0.3) is 0 Å². The molecule has 0 aromatic carbocycles. The average Bonchev–Trinajstić information content (AvgIpc) is 2.15. The fraction of sp³-hybridized carbons (Fsp3) is 0.900. The number of rotatable bonds is 2. The van der Waals surface area contributed by atoms with Gasteiger partial charge in [0.15, 0.2) is 0 Å². The topological polar surface area (TPSA) is 40.5 Å². The molecule has 2 aliphatic heterocycles. The summed E-state index contributed by atoms with van der Waals surface area (Å²) in [5.74, 6) is -1.41. The number of alkyl halides is 3. The third-order valence-corrected chi connectivity index (χ3v) is 3.65. The van der Waals surface area contributed by atoms with Crippen molar-refractivity contribution in [2.75, 3.05) is 13.1 Å². The number of piperidine rings is 2. The quantitative estimate of drug-likeness (QED) is 0.795. The summed E-state index contributed by atoms with van der Waals surface area (Å²) < 4.78 is 36.8. The van der Waals surface area contributed by atoms with E-state index in [1.807, 2.05) is 0 Å². The first-order chi connectivity index (χ1) is 7.37. The van der Waals surface area contributed by atoms with Crippen LogP contribution in [-0.2, 0) is 4.79 Å². The summed E-state index contributed by atoms with van der Waals surface area (Å²) >= 11 is 0. The van der Waals surface area contributed by atoms with Gasteiger partial charge in [-0.1, -0.05) is 0 Å². The molecule has 0 aromatic heterocycles. The number of hydrogen-bond acceptors (Lipinski definition) is 2. The molecule has 0 amide bonds. The molecule has 2 saturated heterocycles. The van der Waals surface area contributed by atoms with Gasteiger partial charge in [-0.15, -0.1) is 0 Å². The molecule has 2 bridgehead atoms. The van der Waals surface area contributed by atoms with Crippen molar-refractivity contribution in [1.82, 2.24) is 4.90 Å². The SMILES string of the molecule is O=C(O)C1CC2CCC1CN2CC(F)(F)F. The Bertz CT molecular complexity index is 292. The molecule has 3 rings (SSSR count). The van der Waals surface area contributed by atoms with Gasteiger partial charge in [0.05, 0.1) is 12.5 Å². The van der Waals surface area contributed by atoms with Gasteiger partial charge in [-0.25, -0.2) is 0 Å². The number of carbonyl (C=O) groups is 1. The normalized spacial score (nSPS) is 35.3. The Morgan fingerprint density at radius 3 is 2.50 bits per heavy atom. The standard InChI is InChI=1S/C10H14F3NO2/c11-10(12,13)5-14-4-6-1-2-7(14)3-8(6)9(15)16/h6-8H,1-5H2,(H,15,16). The molecule has 3 unspecified atom stereocenters. The smallest absolute Gasteiger partial charge is 0.401 e. The predicted octanol–water partition coefficient (Wildman–Crippen LogP) is 1.73. The van der Waals surface area contributed by atoms with Gasteiger partial charge in [0.1, 0.15) is 0 Å². The van der Waals surface area contributed by atoms with Crippen LogP contribution in [-0.4, -0.2) is 41.3 Å². The molecule has 0 radical (unpaired) electrons. The lowest BCUT2D eigenvalue weighted by molar-refractivity contribution is -0.170. The largest absolute Gasteiger partial charge is 0.481 e. The highest BCUT2D eigenvalue weighted by molar-refractivity contribution is 5.70. The highest BCUT2D eigenvalue weighted by atomic mass is 19.4. The first kappa shape index (κ1) is 11.7. The van der Waals surface area contributed by atoms with Crippen LogP contribution in [0.3, 0.4) is 0 Å². The van der Waals surface area contributed by atoms with Crippen molar-refractivity contribution in [2.24, 2.45) is 11.8 Å². The van der Waals surface area contributed by atoms with Crippen LogP contribution in [0.5, 0.6) is 0 Å². The summed E-state index contributed by atoms with van der Waals surface area (Å²) in [6.07, 6.45) is -2.37. The zero-order valence-corrected chi connectivity index (χ0v) is 8.70. The molecule has 2 heterocycles. The van der Waals surface area contributed by atoms with Crippen molar-refractivity contribution in [3.8, 4) is 0 Å². The van der Waals surface area contributed by atoms with Gasteiger partial charge in [-0.05, 0) is 25.2 Å². The summed E-state index contributed by atoms with van der Waals surface area (Å²) in [5.41, 5.74) is 0. The highest BCUT2D eigenvalue weighted by Crippen LogP contribution is 2.40. The molecule has 3 aliphatic rings. The molecule has 6 heteroatoms. The van der Waals surface area contributed by atoms with E-state index in [0.717, 1.165) is 6.42 Å². The van der Waals surface area contributed by atoms with E-state index in [0.29, 0.717) is 12.8 Å². The second kappa shape index (κ2) is 3.91. The Morgan fingerprint density at radius 2 is 2.06 bits per heavy atom. The fourth-order valence-electron chi connectivity index (χ4n) is 2.94. The average molecular weight is 237 g/mol. The van der Waals surface area contributed by atoms with Gasteiger partial charge < -0.3 is 5.11 Å². The van der Waals surface area contributed by atoms with Crippen LogP contribution < -0.4 is 0 Å². The lowest BCUT2D eigenvalue weighted by Gasteiger charge is -2.48. The molecule has 1 N–H and O–H groups in total. The van der Waals surface area contributed by atoms with E-state index in [1.165, 1.54) is 4.90 Å². The molecule has 1 saturated carbocycles. The Hall–Kier alpha value is -0.780. The van der Waals surface area contributed by atoms with E-state index in [2.05, 4.69) is 0 Å². The highest BCUT2D eigenvalue weighted by Gasteiger charge is 2.46. The van der Waals surface area contributed by atoms with Crippen molar-refractivity contribution in [1.29, 1.82) is 0 Å². The Morgan fingerprint density at radius 1 is 1.38 bits per heavy atom. The molecule has 16 heavy (non-hydrogen) atoms. The minimum atomic E-state index is -4.18. The summed E-state index contributed by atoms with van der Waals surface area (Å²) in [4.78, 5) is 12.3. The monoisotopic (exact) mass is 237 g/mol. The van der Waals surface area contributed by atoms with Gasteiger partial charge >= 0.3 is 12.1 Å². The maximum absolute atomic E-state index is 12.3. The van der Waals surface area contributed by atoms with Crippen molar-refractivity contribution < 1.29 is 23.1 Å². The van der Waals surface area contributed by atoms with E-state index < -0.39 is 24.6 Å². The van der Waals surface area contributed by atoms with E-state index >= 15 is 0 Å². The van der Waals surface area contributed by atoms with Gasteiger partial charge in [0.25, 0.3) is 0 Å². The number of aliphatic carboxylic acids is 1. The number of carboxylic acids is 1. The molecule has 3 nitrogen and oxygen atoms in total. The zero-order chi connectivity index (χ0) is 11.9. The van der Waals surface area contributed by atoms with Crippen LogP contribution in [0.2, 0.25) is 0 Å². The van der Waals surface area contributed by atoms with E-state index in [1.54, 1.807) is 0 Å². The first-order valence-corrected chi connectivity index (χ1v) is 5.40. The molecular weight excluding hydrogens is 223 g/mol. The van der Waals surface area contributed by atoms with Crippen molar-refractivity contribution in [3.63, 3.8) is 0 Å². The molecule has 3 fully saturated rings. The first-order valence-electron chi connectivity index (χ1n) is 5.40. The fourth-order valence-corrected chi connectivity index (χ4v) is 2.94. The minimum Gasteiger partial charge on any atom is -0.481 e. The van der Waals surface area contributed by atoms with Crippen molar-refractivity contribution in [2.45, 2.75) is 31.5 Å². The number of fused-ring (bicyclic) bond motifs is 3. The van der Waals surface area contributed by atoms with E-state index in [9.17, 15) is 18.0 Å². The van der Waals surface area contributed by atoms with Crippen LogP contribution >= 0.6 is 0 Å². The molecule has 92 valence electrons. The Balaban J connectivity index is 2.01. The third-order valence-electron chi connectivity index (χ3n) is 3.65. The summed E-state index contributed by atoms with van der Waals surface area (Å²) in [6.45, 7) is -0.623. The predicted molar refractivity (Wildman–Crippen MR) is 49.9 cm³/mol. The van der Waals surface area contributed by atoms with Crippen LogP contribution in [0, 0.1) is 11.8 Å². The van der Waals surface area contributed by atoms with Crippen LogP contribution in [0.15, 0.2) is 0 Å². The Kier molecular flexibility index (Phi) is 2.86. The van der Waals surface area contributed by atoms with Crippen molar-refractivity contribution >= 4 is 5.97 Å². The van der Waals surface area contributed by atoms with Gasteiger partial charge in [0, 0.05) is 12.6 Å².